The molecular weight excluding hydrogens is 334 g/mol. The number of aromatic nitrogens is 1. The van der Waals surface area contributed by atoms with Crippen LogP contribution in [0.5, 0.6) is 0 Å². The summed E-state index contributed by atoms with van der Waals surface area (Å²) in [5.74, 6) is -1.24. The number of amides is 3. The maximum atomic E-state index is 12.2. The van der Waals surface area contributed by atoms with Gasteiger partial charge in [-0.05, 0) is 36.2 Å². The van der Waals surface area contributed by atoms with E-state index in [9.17, 15) is 14.4 Å². The first-order valence-electron chi connectivity index (χ1n) is 8.17. The van der Waals surface area contributed by atoms with Crippen molar-refractivity contribution in [2.75, 3.05) is 13.1 Å². The lowest BCUT2D eigenvalue weighted by atomic mass is 10.1. The van der Waals surface area contributed by atoms with Crippen molar-refractivity contribution in [2.45, 2.75) is 6.42 Å². The van der Waals surface area contributed by atoms with Crippen molar-refractivity contribution < 1.29 is 18.8 Å². The molecule has 2 heterocycles. The van der Waals surface area contributed by atoms with Crippen LogP contribution in [-0.2, 0) is 11.2 Å². The topological polar surface area (TPSA) is 92.5 Å². The first-order chi connectivity index (χ1) is 12.6. The van der Waals surface area contributed by atoms with Crippen molar-refractivity contribution in [1.82, 2.24) is 15.2 Å². The molecule has 0 aliphatic carbocycles. The van der Waals surface area contributed by atoms with Crippen LogP contribution in [-0.4, -0.2) is 40.7 Å². The number of nitrogens with one attached hydrogen (secondary N) is 1. The van der Waals surface area contributed by atoms with E-state index in [1.807, 2.05) is 18.2 Å². The summed E-state index contributed by atoms with van der Waals surface area (Å²) < 4.78 is 5.19. The lowest BCUT2D eigenvalue weighted by Gasteiger charge is -2.13. The minimum Gasteiger partial charge on any atom is -0.443 e. The predicted octanol–water partition coefficient (Wildman–Crippen LogP) is 1.78. The highest BCUT2D eigenvalue weighted by Crippen LogP contribution is 2.21. The van der Waals surface area contributed by atoms with Crippen molar-refractivity contribution in [3.63, 3.8) is 0 Å². The highest BCUT2D eigenvalue weighted by molar-refractivity contribution is 6.22. The summed E-state index contributed by atoms with van der Waals surface area (Å²) in [5, 5.41) is 2.74. The van der Waals surface area contributed by atoms with E-state index in [0.717, 1.165) is 16.0 Å². The second-order valence-corrected chi connectivity index (χ2v) is 6.00. The Hall–Kier alpha value is -3.48. The molecule has 0 fully saturated rings. The minimum atomic E-state index is -0.433. The fraction of sp³-hybridized carbons (Fsp3) is 0.158. The number of carbonyl (C=O) groups excluding carboxylic acids is 3. The molecule has 4 rings (SSSR count). The van der Waals surface area contributed by atoms with Gasteiger partial charge in [-0.25, -0.2) is 4.98 Å². The van der Waals surface area contributed by atoms with Gasteiger partial charge in [-0.3, -0.25) is 19.3 Å². The molecule has 130 valence electrons. The third-order valence-corrected chi connectivity index (χ3v) is 4.31. The van der Waals surface area contributed by atoms with Crippen molar-refractivity contribution in [2.24, 2.45) is 0 Å². The molecule has 0 bridgehead atoms. The molecule has 26 heavy (non-hydrogen) atoms. The molecule has 3 aromatic rings. The Morgan fingerprint density at radius 3 is 2.54 bits per heavy atom. The Morgan fingerprint density at radius 2 is 1.81 bits per heavy atom. The third kappa shape index (κ3) is 2.83. The van der Waals surface area contributed by atoms with Crippen LogP contribution < -0.4 is 5.32 Å². The maximum Gasteiger partial charge on any atom is 0.262 e. The third-order valence-electron chi connectivity index (χ3n) is 4.31. The lowest BCUT2D eigenvalue weighted by molar-refractivity contribution is -0.121. The Labute approximate surface area is 148 Å². The summed E-state index contributed by atoms with van der Waals surface area (Å²) >= 11 is 0. The van der Waals surface area contributed by atoms with Crippen LogP contribution in [0.3, 0.4) is 0 Å². The van der Waals surface area contributed by atoms with Gasteiger partial charge in [0.2, 0.25) is 5.91 Å². The van der Waals surface area contributed by atoms with E-state index < -0.39 is 11.8 Å². The van der Waals surface area contributed by atoms with Crippen molar-refractivity contribution >= 4 is 28.8 Å². The van der Waals surface area contributed by atoms with Gasteiger partial charge in [0.15, 0.2) is 12.0 Å². The van der Waals surface area contributed by atoms with Gasteiger partial charge < -0.3 is 9.73 Å². The zero-order valence-electron chi connectivity index (χ0n) is 13.8. The highest BCUT2D eigenvalue weighted by Gasteiger charge is 2.36. The number of imide groups is 1. The van der Waals surface area contributed by atoms with Crippen LogP contribution in [0, 0.1) is 0 Å². The molecular formula is C19H15N3O4. The average molecular weight is 349 g/mol. The van der Waals surface area contributed by atoms with Gasteiger partial charge in [0.05, 0.1) is 11.1 Å². The second-order valence-electron chi connectivity index (χ2n) is 6.00. The second kappa shape index (κ2) is 6.44. The molecule has 0 radical (unpaired) electrons. The summed E-state index contributed by atoms with van der Waals surface area (Å²) in [6.07, 6.45) is 2.00. The molecule has 1 aliphatic heterocycles. The Bertz CT molecular complexity index is 989. The van der Waals surface area contributed by atoms with Crippen molar-refractivity contribution in [3.8, 4) is 0 Å². The fourth-order valence-electron chi connectivity index (χ4n) is 2.99. The number of hydrogen-bond acceptors (Lipinski definition) is 5. The quantitative estimate of drug-likeness (QED) is 0.709. The molecule has 3 amide bonds. The van der Waals surface area contributed by atoms with Gasteiger partial charge in [0.1, 0.15) is 12.1 Å². The van der Waals surface area contributed by atoms with E-state index in [-0.39, 0.29) is 12.5 Å². The van der Waals surface area contributed by atoms with Crippen LogP contribution in [0.1, 0.15) is 26.3 Å². The Balaban J connectivity index is 1.33. The van der Waals surface area contributed by atoms with E-state index in [1.165, 1.54) is 6.39 Å². The highest BCUT2D eigenvalue weighted by atomic mass is 16.3. The SMILES string of the molecule is O=C(CN1C(=O)c2ccccc2C1=O)NCCc1ccc2ocnc2c1. The first-order valence-corrected chi connectivity index (χ1v) is 8.17. The summed E-state index contributed by atoms with van der Waals surface area (Å²) in [6.45, 7) is 0.111. The van der Waals surface area contributed by atoms with Crippen LogP contribution >= 0.6 is 0 Å². The molecule has 0 saturated carbocycles. The number of nitrogens with zero attached hydrogens (tertiary/aromatic N) is 2. The number of fused-ring (bicyclic) bond motifs is 2. The average Bonchev–Trinajstić information content (AvgIpc) is 3.21. The Kier molecular flexibility index (Phi) is 3.96. The minimum absolute atomic E-state index is 0.283. The smallest absolute Gasteiger partial charge is 0.262 e. The summed E-state index contributed by atoms with van der Waals surface area (Å²) in [4.78, 5) is 41.7. The summed E-state index contributed by atoms with van der Waals surface area (Å²) in [5.41, 5.74) is 3.16. The molecule has 1 N–H and O–H groups in total. The number of hydrogen-bond donors (Lipinski definition) is 1. The molecule has 2 aromatic carbocycles. The largest absolute Gasteiger partial charge is 0.443 e. The number of oxazole rings is 1. The maximum absolute atomic E-state index is 12.2. The number of benzene rings is 2. The van der Waals surface area contributed by atoms with E-state index in [1.54, 1.807) is 24.3 Å². The van der Waals surface area contributed by atoms with Gasteiger partial charge in [-0.1, -0.05) is 18.2 Å². The van der Waals surface area contributed by atoms with Crippen molar-refractivity contribution in [3.05, 3.63) is 65.5 Å². The standard InChI is InChI=1S/C19H15N3O4/c23-17(10-22-18(24)13-3-1-2-4-14(13)19(22)25)20-8-7-12-5-6-16-15(9-12)21-11-26-16/h1-6,9,11H,7-8,10H2,(H,20,23). The Morgan fingerprint density at radius 1 is 1.08 bits per heavy atom. The normalized spacial score (nSPS) is 13.3. The van der Waals surface area contributed by atoms with Gasteiger partial charge in [0, 0.05) is 6.54 Å². The van der Waals surface area contributed by atoms with Gasteiger partial charge >= 0.3 is 0 Å². The van der Waals surface area contributed by atoms with E-state index in [4.69, 9.17) is 4.42 Å². The summed E-state index contributed by atoms with van der Waals surface area (Å²) in [6, 6.07) is 12.2. The van der Waals surface area contributed by atoms with Gasteiger partial charge in [-0.2, -0.15) is 0 Å². The molecule has 1 aromatic heterocycles. The predicted molar refractivity (Wildman–Crippen MR) is 92.5 cm³/mol. The van der Waals surface area contributed by atoms with Crippen LogP contribution in [0.15, 0.2) is 53.3 Å². The van der Waals surface area contributed by atoms with Crippen LogP contribution in [0.2, 0.25) is 0 Å². The zero-order chi connectivity index (χ0) is 18.1. The molecule has 0 saturated heterocycles. The van der Waals surface area contributed by atoms with Gasteiger partial charge in [0.25, 0.3) is 11.8 Å². The molecule has 1 aliphatic rings. The molecule has 0 unspecified atom stereocenters. The molecule has 7 nitrogen and oxygen atoms in total. The van der Waals surface area contributed by atoms with Crippen molar-refractivity contribution in [1.29, 1.82) is 0 Å². The molecule has 7 heteroatoms. The summed E-state index contributed by atoms with van der Waals surface area (Å²) in [7, 11) is 0. The first kappa shape index (κ1) is 16.0. The fourth-order valence-corrected chi connectivity index (χ4v) is 2.99. The molecule has 0 atom stereocenters. The monoisotopic (exact) mass is 349 g/mol. The number of rotatable bonds is 5. The van der Waals surface area contributed by atoms with Gasteiger partial charge in [-0.15, -0.1) is 0 Å². The lowest BCUT2D eigenvalue weighted by Crippen LogP contribution is -2.40. The van der Waals surface area contributed by atoms with E-state index >= 15 is 0 Å². The van der Waals surface area contributed by atoms with Crippen LogP contribution in [0.25, 0.3) is 11.1 Å². The zero-order valence-corrected chi connectivity index (χ0v) is 13.8. The van der Waals surface area contributed by atoms with E-state index in [2.05, 4.69) is 10.3 Å². The molecule has 0 spiro atoms. The number of carbonyl (C=O) groups is 3. The van der Waals surface area contributed by atoms with Crippen LogP contribution in [0.4, 0.5) is 0 Å². The van der Waals surface area contributed by atoms with E-state index in [0.29, 0.717) is 29.7 Å².